The zero-order valence-electron chi connectivity index (χ0n) is 16.9. The van der Waals surface area contributed by atoms with E-state index in [1.807, 2.05) is 13.8 Å². The molecular weight excluding hydrogens is 396 g/mol. The summed E-state index contributed by atoms with van der Waals surface area (Å²) >= 11 is 1.34. The number of carbonyl (C=O) groups excluding carboxylic acids is 2. The molecular formula is C19H24N4O5S. The van der Waals surface area contributed by atoms with Crippen molar-refractivity contribution in [3.05, 3.63) is 37.5 Å². The van der Waals surface area contributed by atoms with Gasteiger partial charge in [0.15, 0.2) is 0 Å². The number of nitrogens with zero attached hydrogens (tertiary/aromatic N) is 3. The lowest BCUT2D eigenvalue weighted by molar-refractivity contribution is -0.385. The molecule has 3 rings (SSSR count). The summed E-state index contributed by atoms with van der Waals surface area (Å²) in [5.74, 6) is -1.14. The van der Waals surface area contributed by atoms with Gasteiger partial charge in [-0.05, 0) is 51.5 Å². The molecule has 0 bridgehead atoms. The SMILES string of the molecule is CCC(C)OC(=O)c1c(NC(=O)c2c([N+](=O)[O-])c(C)nn2C)sc2c1CCCC2. The maximum absolute atomic E-state index is 12.9. The molecule has 0 fully saturated rings. The summed E-state index contributed by atoms with van der Waals surface area (Å²) < 4.78 is 6.71. The van der Waals surface area contributed by atoms with Crippen molar-refractivity contribution in [2.45, 2.75) is 59.0 Å². The lowest BCUT2D eigenvalue weighted by atomic mass is 9.95. The van der Waals surface area contributed by atoms with Gasteiger partial charge in [-0.2, -0.15) is 5.10 Å². The standard InChI is InChI=1S/C19H24N4O5S/c1-5-10(2)28-19(25)14-12-8-6-7-9-13(12)29-18(14)20-17(24)16-15(23(26)27)11(3)21-22(16)4/h10H,5-9H2,1-4H3,(H,20,24). The van der Waals surface area contributed by atoms with Gasteiger partial charge in [-0.3, -0.25) is 19.6 Å². The van der Waals surface area contributed by atoms with E-state index in [2.05, 4.69) is 10.4 Å². The fourth-order valence-electron chi connectivity index (χ4n) is 3.48. The Morgan fingerprint density at radius 3 is 2.72 bits per heavy atom. The molecule has 29 heavy (non-hydrogen) atoms. The Balaban J connectivity index is 1.99. The third-order valence-electron chi connectivity index (χ3n) is 5.07. The van der Waals surface area contributed by atoms with Crippen LogP contribution in [-0.4, -0.2) is 32.7 Å². The minimum absolute atomic E-state index is 0.153. The van der Waals surface area contributed by atoms with Crippen molar-refractivity contribution in [3.8, 4) is 0 Å². The summed E-state index contributed by atoms with van der Waals surface area (Å²) in [4.78, 5) is 37.6. The van der Waals surface area contributed by atoms with Gasteiger partial charge in [-0.15, -0.1) is 11.3 Å². The van der Waals surface area contributed by atoms with Crippen LogP contribution in [0.15, 0.2) is 0 Å². The number of carbonyl (C=O) groups is 2. The van der Waals surface area contributed by atoms with Gasteiger partial charge in [0, 0.05) is 11.9 Å². The van der Waals surface area contributed by atoms with Crippen molar-refractivity contribution in [1.29, 1.82) is 0 Å². The van der Waals surface area contributed by atoms with Crippen LogP contribution in [-0.2, 0) is 24.6 Å². The lowest BCUT2D eigenvalue weighted by Gasteiger charge is -2.15. The number of hydrogen-bond donors (Lipinski definition) is 1. The van der Waals surface area contributed by atoms with Crippen molar-refractivity contribution in [2.24, 2.45) is 7.05 Å². The molecule has 1 unspecified atom stereocenters. The van der Waals surface area contributed by atoms with E-state index in [9.17, 15) is 19.7 Å². The number of nitrogens with one attached hydrogen (secondary N) is 1. The van der Waals surface area contributed by atoms with Crippen LogP contribution in [0.3, 0.4) is 0 Å². The minimum atomic E-state index is -0.670. The van der Waals surface area contributed by atoms with Crippen molar-refractivity contribution in [1.82, 2.24) is 9.78 Å². The van der Waals surface area contributed by atoms with E-state index in [-0.39, 0.29) is 23.2 Å². The average Bonchev–Trinajstić information content (AvgIpc) is 3.17. The molecule has 156 valence electrons. The smallest absolute Gasteiger partial charge is 0.341 e. The van der Waals surface area contributed by atoms with E-state index in [4.69, 9.17) is 4.74 Å². The maximum Gasteiger partial charge on any atom is 0.341 e. The van der Waals surface area contributed by atoms with Crippen molar-refractivity contribution in [2.75, 3.05) is 5.32 Å². The molecule has 2 heterocycles. The summed E-state index contributed by atoms with van der Waals surface area (Å²) in [6.07, 6.45) is 4.01. The number of amides is 1. The van der Waals surface area contributed by atoms with Crippen LogP contribution in [0, 0.1) is 17.0 Å². The number of aryl methyl sites for hydroxylation is 3. The Hall–Kier alpha value is -2.75. The molecule has 9 nitrogen and oxygen atoms in total. The van der Waals surface area contributed by atoms with Gasteiger partial charge in [-0.1, -0.05) is 6.92 Å². The van der Waals surface area contributed by atoms with Gasteiger partial charge < -0.3 is 10.1 Å². The number of hydrogen-bond acceptors (Lipinski definition) is 7. The van der Waals surface area contributed by atoms with Crippen LogP contribution >= 0.6 is 11.3 Å². The van der Waals surface area contributed by atoms with Crippen LogP contribution in [0.1, 0.15) is 70.1 Å². The predicted octanol–water partition coefficient (Wildman–Crippen LogP) is 3.78. The first kappa shape index (κ1) is 21.0. The van der Waals surface area contributed by atoms with Gasteiger partial charge in [0.2, 0.25) is 5.69 Å². The highest BCUT2D eigenvalue weighted by atomic mass is 32.1. The largest absolute Gasteiger partial charge is 0.459 e. The first-order valence-electron chi connectivity index (χ1n) is 9.59. The highest BCUT2D eigenvalue weighted by molar-refractivity contribution is 7.17. The quantitative estimate of drug-likeness (QED) is 0.432. The van der Waals surface area contributed by atoms with Crippen molar-refractivity contribution >= 4 is 33.9 Å². The molecule has 0 aliphatic heterocycles. The monoisotopic (exact) mass is 420 g/mol. The summed E-state index contributed by atoms with van der Waals surface area (Å²) in [7, 11) is 1.48. The lowest BCUT2D eigenvalue weighted by Crippen LogP contribution is -2.20. The Morgan fingerprint density at radius 1 is 1.38 bits per heavy atom. The van der Waals surface area contributed by atoms with E-state index in [1.54, 1.807) is 0 Å². The molecule has 0 aromatic carbocycles. The molecule has 2 aromatic rings. The molecule has 10 heteroatoms. The highest BCUT2D eigenvalue weighted by Crippen LogP contribution is 2.39. The van der Waals surface area contributed by atoms with Crippen molar-refractivity contribution in [3.63, 3.8) is 0 Å². The van der Waals surface area contributed by atoms with Crippen LogP contribution in [0.5, 0.6) is 0 Å². The normalized spacial score (nSPS) is 14.2. The summed E-state index contributed by atoms with van der Waals surface area (Å²) in [5, 5.41) is 18.5. The molecule has 1 atom stereocenters. The molecule has 0 radical (unpaired) electrons. The first-order valence-corrected chi connectivity index (χ1v) is 10.4. The zero-order chi connectivity index (χ0) is 21.3. The van der Waals surface area contributed by atoms with Crippen LogP contribution in [0.4, 0.5) is 10.7 Å². The van der Waals surface area contributed by atoms with Crippen LogP contribution in [0.2, 0.25) is 0 Å². The van der Waals surface area contributed by atoms with E-state index >= 15 is 0 Å². The number of esters is 1. The summed E-state index contributed by atoms with van der Waals surface area (Å²) in [5.41, 5.74) is 0.958. The van der Waals surface area contributed by atoms with Gasteiger partial charge in [0.25, 0.3) is 5.91 Å². The van der Waals surface area contributed by atoms with Gasteiger partial charge in [0.1, 0.15) is 10.7 Å². The number of rotatable bonds is 6. The third-order valence-corrected chi connectivity index (χ3v) is 6.28. The fraction of sp³-hybridized carbons (Fsp3) is 0.526. The number of aromatic nitrogens is 2. The minimum Gasteiger partial charge on any atom is -0.459 e. The molecule has 0 saturated carbocycles. The molecule has 1 amide bonds. The van der Waals surface area contributed by atoms with E-state index in [0.717, 1.165) is 36.1 Å². The molecule has 2 aromatic heterocycles. The molecule has 0 spiro atoms. The van der Waals surface area contributed by atoms with Crippen LogP contribution < -0.4 is 5.32 Å². The predicted molar refractivity (Wildman–Crippen MR) is 109 cm³/mol. The van der Waals surface area contributed by atoms with Crippen LogP contribution in [0.25, 0.3) is 0 Å². The summed E-state index contributed by atoms with van der Waals surface area (Å²) in [6.45, 7) is 5.22. The van der Waals surface area contributed by atoms with Crippen molar-refractivity contribution < 1.29 is 19.2 Å². The molecule has 0 saturated heterocycles. The third kappa shape index (κ3) is 4.02. The Bertz CT molecular complexity index is 978. The zero-order valence-corrected chi connectivity index (χ0v) is 17.7. The van der Waals surface area contributed by atoms with Gasteiger partial charge in [0.05, 0.1) is 16.6 Å². The van der Waals surface area contributed by atoms with E-state index in [0.29, 0.717) is 17.0 Å². The van der Waals surface area contributed by atoms with E-state index in [1.165, 1.54) is 30.0 Å². The second-order valence-corrected chi connectivity index (χ2v) is 8.26. The Labute approximate surface area is 172 Å². The number of nitro groups is 1. The topological polar surface area (TPSA) is 116 Å². The second kappa shape index (κ2) is 8.32. The summed E-state index contributed by atoms with van der Waals surface area (Å²) in [6, 6.07) is 0. The van der Waals surface area contributed by atoms with Gasteiger partial charge >= 0.3 is 11.7 Å². The van der Waals surface area contributed by atoms with E-state index < -0.39 is 16.8 Å². The molecule has 1 aliphatic carbocycles. The number of fused-ring (bicyclic) bond motifs is 1. The Kier molecular flexibility index (Phi) is 6.02. The fourth-order valence-corrected chi connectivity index (χ4v) is 4.75. The number of thiophene rings is 1. The number of anilines is 1. The highest BCUT2D eigenvalue weighted by Gasteiger charge is 2.32. The average molecular weight is 420 g/mol. The molecule has 1 N–H and O–H groups in total. The first-order chi connectivity index (χ1) is 13.7. The number of ether oxygens (including phenoxy) is 1. The molecule has 1 aliphatic rings. The Morgan fingerprint density at radius 2 is 2.07 bits per heavy atom. The van der Waals surface area contributed by atoms with Gasteiger partial charge in [-0.25, -0.2) is 4.79 Å². The maximum atomic E-state index is 12.9. The second-order valence-electron chi connectivity index (χ2n) is 7.16.